The molecule has 3 aromatic carbocycles. The van der Waals surface area contributed by atoms with E-state index in [9.17, 15) is 65.1 Å². The van der Waals surface area contributed by atoms with Crippen LogP contribution < -0.4 is 8.37 Å². The second kappa shape index (κ2) is 10.3. The van der Waals surface area contributed by atoms with E-state index in [-0.39, 0.29) is 24.3 Å². The van der Waals surface area contributed by atoms with Crippen molar-refractivity contribution >= 4 is 20.2 Å². The molecular weight excluding hydrogens is 633 g/mol. The van der Waals surface area contributed by atoms with Crippen LogP contribution >= 0.6 is 0 Å². The van der Waals surface area contributed by atoms with Gasteiger partial charge in [-0.15, -0.1) is 0 Å². The van der Waals surface area contributed by atoms with Gasteiger partial charge in [-0.25, -0.2) is 8.78 Å². The SMILES string of the molecule is O=S(=O)(Oc1ccc(C(c2ccccc2)(c2ccc(OS(=O)(=O)C(F)(F)F)c(F)c2)C(F)(F)F)cc1F)C(F)(F)F. The summed E-state index contributed by atoms with van der Waals surface area (Å²) >= 11 is 0. The van der Waals surface area contributed by atoms with Crippen LogP contribution in [-0.2, 0) is 25.7 Å². The van der Waals surface area contributed by atoms with Crippen LogP contribution in [0.3, 0.4) is 0 Å². The van der Waals surface area contributed by atoms with Crippen LogP contribution in [0.1, 0.15) is 16.7 Å². The zero-order chi connectivity index (χ0) is 31.2. The zero-order valence-corrected chi connectivity index (χ0v) is 20.9. The van der Waals surface area contributed by atoms with Gasteiger partial charge in [0.15, 0.2) is 23.1 Å². The molecule has 19 heteroatoms. The lowest BCUT2D eigenvalue weighted by molar-refractivity contribution is -0.166. The van der Waals surface area contributed by atoms with E-state index in [1.54, 1.807) is 0 Å². The number of hydrogen-bond acceptors (Lipinski definition) is 6. The van der Waals surface area contributed by atoms with E-state index in [0.29, 0.717) is 12.1 Å². The fraction of sp³-hybridized carbons (Fsp3) is 0.182. The van der Waals surface area contributed by atoms with E-state index in [4.69, 9.17) is 0 Å². The normalized spacial score (nSPS) is 13.6. The van der Waals surface area contributed by atoms with Crippen molar-refractivity contribution in [1.82, 2.24) is 0 Å². The summed E-state index contributed by atoms with van der Waals surface area (Å²) in [4.78, 5) is 0. The Morgan fingerprint density at radius 3 is 1.17 bits per heavy atom. The molecule has 3 aromatic rings. The summed E-state index contributed by atoms with van der Waals surface area (Å²) in [5.41, 5.74) is -18.8. The quantitative estimate of drug-likeness (QED) is 0.130. The molecule has 0 N–H and O–H groups in total. The van der Waals surface area contributed by atoms with Crippen LogP contribution in [0.4, 0.5) is 48.3 Å². The summed E-state index contributed by atoms with van der Waals surface area (Å²) in [5, 5.41) is 0. The molecule has 0 aromatic heterocycles. The average Bonchev–Trinajstić information content (AvgIpc) is 2.81. The van der Waals surface area contributed by atoms with Crippen molar-refractivity contribution in [3.05, 3.63) is 95.1 Å². The van der Waals surface area contributed by atoms with Gasteiger partial charge >= 0.3 is 37.4 Å². The van der Waals surface area contributed by atoms with Crippen molar-refractivity contribution in [2.45, 2.75) is 22.6 Å². The zero-order valence-electron chi connectivity index (χ0n) is 19.3. The van der Waals surface area contributed by atoms with Crippen LogP contribution in [0.2, 0.25) is 0 Å². The Morgan fingerprint density at radius 1 is 0.512 bits per heavy atom. The second-order valence-electron chi connectivity index (χ2n) is 7.87. The Bertz CT molecular complexity index is 1550. The predicted molar refractivity (Wildman–Crippen MR) is 116 cm³/mol. The molecular formula is C22H11F11O6S2. The number of rotatable bonds is 7. The molecule has 41 heavy (non-hydrogen) atoms. The molecule has 3 rings (SSSR count). The Labute approximate surface area is 223 Å². The molecule has 0 unspecified atom stereocenters. The minimum absolute atomic E-state index is 0.0435. The third kappa shape index (κ3) is 5.90. The van der Waals surface area contributed by atoms with Crippen molar-refractivity contribution in [1.29, 1.82) is 0 Å². The summed E-state index contributed by atoms with van der Waals surface area (Å²) in [6.45, 7) is 0. The van der Waals surface area contributed by atoms with Crippen molar-refractivity contribution in [3.63, 3.8) is 0 Å². The van der Waals surface area contributed by atoms with Crippen LogP contribution in [0.25, 0.3) is 0 Å². The highest BCUT2D eigenvalue weighted by atomic mass is 32.2. The van der Waals surface area contributed by atoms with Gasteiger partial charge in [0.25, 0.3) is 0 Å². The summed E-state index contributed by atoms with van der Waals surface area (Å²) < 4.78 is 202. The first-order valence-electron chi connectivity index (χ1n) is 10.3. The van der Waals surface area contributed by atoms with E-state index in [1.165, 1.54) is 6.07 Å². The first-order valence-corrected chi connectivity index (χ1v) is 13.1. The van der Waals surface area contributed by atoms with Crippen LogP contribution in [0, 0.1) is 11.6 Å². The number of halogens is 11. The predicted octanol–water partition coefficient (Wildman–Crippen LogP) is 6.32. The molecule has 0 heterocycles. The minimum Gasteiger partial charge on any atom is -0.373 e. The molecule has 0 bridgehead atoms. The largest absolute Gasteiger partial charge is 0.534 e. The lowest BCUT2D eigenvalue weighted by Crippen LogP contribution is -2.44. The number of alkyl halides is 9. The highest BCUT2D eigenvalue weighted by Crippen LogP contribution is 2.52. The van der Waals surface area contributed by atoms with E-state index in [2.05, 4.69) is 8.37 Å². The fourth-order valence-electron chi connectivity index (χ4n) is 3.61. The summed E-state index contributed by atoms with van der Waals surface area (Å²) in [5.74, 6) is -7.36. The first kappa shape index (κ1) is 31.9. The molecule has 0 atom stereocenters. The van der Waals surface area contributed by atoms with Crippen molar-refractivity contribution in [2.75, 3.05) is 0 Å². The lowest BCUT2D eigenvalue weighted by atomic mass is 9.68. The third-order valence-electron chi connectivity index (χ3n) is 5.33. The summed E-state index contributed by atoms with van der Waals surface area (Å²) in [6.07, 6.45) is -5.58. The minimum atomic E-state index is -6.45. The summed E-state index contributed by atoms with van der Waals surface area (Å²) in [7, 11) is -12.9. The average molecular weight is 644 g/mol. The highest BCUT2D eigenvalue weighted by molar-refractivity contribution is 7.88. The van der Waals surface area contributed by atoms with E-state index < -0.39 is 82.7 Å². The second-order valence-corrected chi connectivity index (χ2v) is 10.9. The lowest BCUT2D eigenvalue weighted by Gasteiger charge is -2.37. The molecule has 0 amide bonds. The molecule has 0 aliphatic heterocycles. The molecule has 0 aliphatic rings. The topological polar surface area (TPSA) is 86.7 Å². The van der Waals surface area contributed by atoms with Gasteiger partial charge in [0, 0.05) is 0 Å². The Kier molecular flexibility index (Phi) is 8.05. The van der Waals surface area contributed by atoms with Crippen molar-refractivity contribution in [2.24, 2.45) is 0 Å². The number of benzene rings is 3. The summed E-state index contributed by atoms with van der Waals surface area (Å²) in [6, 6.07) is 5.80. The Hall–Kier alpha value is -3.61. The highest BCUT2D eigenvalue weighted by Gasteiger charge is 2.59. The Balaban J connectivity index is 2.29. The van der Waals surface area contributed by atoms with Crippen LogP contribution in [0.15, 0.2) is 66.7 Å². The van der Waals surface area contributed by atoms with Gasteiger partial charge in [0.2, 0.25) is 0 Å². The third-order valence-corrected chi connectivity index (χ3v) is 7.26. The monoisotopic (exact) mass is 644 g/mol. The molecule has 0 saturated carbocycles. The smallest absolute Gasteiger partial charge is 0.373 e. The van der Waals surface area contributed by atoms with Gasteiger partial charge in [0.05, 0.1) is 0 Å². The molecule has 0 spiro atoms. The van der Waals surface area contributed by atoms with Gasteiger partial charge in [-0.1, -0.05) is 42.5 Å². The maximum absolute atomic E-state index is 15.0. The van der Waals surface area contributed by atoms with Gasteiger partial charge in [-0.2, -0.15) is 56.3 Å². The molecule has 6 nitrogen and oxygen atoms in total. The van der Waals surface area contributed by atoms with Gasteiger partial charge in [0.1, 0.15) is 5.41 Å². The van der Waals surface area contributed by atoms with Crippen LogP contribution in [0.5, 0.6) is 11.5 Å². The van der Waals surface area contributed by atoms with Gasteiger partial charge in [-0.05, 0) is 41.0 Å². The molecule has 224 valence electrons. The van der Waals surface area contributed by atoms with Crippen molar-refractivity contribution < 1.29 is 73.5 Å². The maximum atomic E-state index is 15.0. The Morgan fingerprint density at radius 2 is 0.878 bits per heavy atom. The van der Waals surface area contributed by atoms with E-state index in [0.717, 1.165) is 24.3 Å². The molecule has 0 aliphatic carbocycles. The van der Waals surface area contributed by atoms with Crippen LogP contribution in [-0.4, -0.2) is 34.0 Å². The van der Waals surface area contributed by atoms with Gasteiger partial charge < -0.3 is 8.37 Å². The molecule has 0 saturated heterocycles. The molecule has 0 radical (unpaired) electrons. The van der Waals surface area contributed by atoms with Gasteiger partial charge in [-0.3, -0.25) is 0 Å². The standard InChI is InChI=1S/C22H11F11O6S2/c23-15-10-13(6-8-17(15)38-40(34,35)21(28,29)30)19(20(25,26)27,12-4-2-1-3-5-12)14-7-9-18(16(24)11-14)39-41(36,37)22(31,32)33/h1-11H. The fourth-order valence-corrected chi connectivity index (χ4v) is 4.55. The van der Waals surface area contributed by atoms with E-state index in [1.807, 2.05) is 0 Å². The first-order chi connectivity index (χ1) is 18.5. The van der Waals surface area contributed by atoms with Crippen molar-refractivity contribution in [3.8, 4) is 11.5 Å². The van der Waals surface area contributed by atoms with E-state index >= 15 is 0 Å². The molecule has 0 fully saturated rings. The number of hydrogen-bond donors (Lipinski definition) is 0. The maximum Gasteiger partial charge on any atom is 0.534 e.